The van der Waals surface area contributed by atoms with E-state index < -0.39 is 15.9 Å². The summed E-state index contributed by atoms with van der Waals surface area (Å²) in [5.41, 5.74) is 2.60. The first-order valence-electron chi connectivity index (χ1n) is 9.38. The van der Waals surface area contributed by atoms with Crippen molar-refractivity contribution >= 4 is 48.5 Å². The summed E-state index contributed by atoms with van der Waals surface area (Å²) in [7, 11) is -0.354. The minimum Gasteiger partial charge on any atom is -0.451 e. The number of benzene rings is 3. The van der Waals surface area contributed by atoms with E-state index in [1.165, 1.54) is 12.1 Å². The van der Waals surface area contributed by atoms with Gasteiger partial charge in [-0.15, -0.1) is 0 Å². The van der Waals surface area contributed by atoms with Crippen LogP contribution in [0.25, 0.3) is 22.1 Å². The molecule has 0 saturated carbocycles. The van der Waals surface area contributed by atoms with E-state index >= 15 is 0 Å². The molecule has 0 spiro atoms. The maximum Gasteiger partial charge on any atom is 0.300 e. The number of sulfonamides is 1. The predicted octanol–water partition coefficient (Wildman–Crippen LogP) is 5.05. The Morgan fingerprint density at radius 3 is 2.35 bits per heavy atom. The molecule has 0 atom stereocenters. The molecular weight excluding hydrogens is 480 g/mol. The third-order valence-corrected chi connectivity index (χ3v) is 6.80. The lowest BCUT2D eigenvalue weighted by Crippen LogP contribution is -2.30. The number of nitrogens with zero attached hydrogens (tertiary/aromatic N) is 1. The van der Waals surface area contributed by atoms with Crippen molar-refractivity contribution in [1.82, 2.24) is 4.72 Å². The summed E-state index contributed by atoms with van der Waals surface area (Å²) in [6.45, 7) is 0. The van der Waals surface area contributed by atoms with Gasteiger partial charge in [0.1, 0.15) is 5.58 Å². The highest BCUT2D eigenvalue weighted by atomic mass is 79.9. The summed E-state index contributed by atoms with van der Waals surface area (Å²) in [4.78, 5) is 14.7. The fourth-order valence-electron chi connectivity index (χ4n) is 3.29. The molecule has 1 heterocycles. The Hall–Kier alpha value is -3.10. The average Bonchev–Trinajstić information content (AvgIpc) is 3.16. The fourth-order valence-corrected chi connectivity index (χ4v) is 5.19. The minimum atomic E-state index is -4.13. The molecule has 0 radical (unpaired) electrons. The van der Waals surface area contributed by atoms with E-state index in [1.807, 2.05) is 55.4 Å². The van der Waals surface area contributed by atoms with Gasteiger partial charge in [0.2, 0.25) is 0 Å². The Morgan fingerprint density at radius 2 is 1.65 bits per heavy atom. The molecule has 0 aliphatic heterocycles. The van der Waals surface area contributed by atoms with E-state index in [9.17, 15) is 13.2 Å². The molecule has 0 aliphatic carbocycles. The van der Waals surface area contributed by atoms with Gasteiger partial charge in [0.25, 0.3) is 10.0 Å². The van der Waals surface area contributed by atoms with Crippen LogP contribution in [0, 0.1) is 0 Å². The monoisotopic (exact) mass is 498 g/mol. The molecule has 158 valence electrons. The van der Waals surface area contributed by atoms with E-state index in [1.54, 1.807) is 24.3 Å². The number of fused-ring (bicyclic) bond motifs is 1. The van der Waals surface area contributed by atoms with Crippen molar-refractivity contribution in [3.05, 3.63) is 83.0 Å². The van der Waals surface area contributed by atoms with Crippen molar-refractivity contribution in [2.45, 2.75) is 4.90 Å². The molecule has 0 saturated heterocycles. The third kappa shape index (κ3) is 4.22. The zero-order valence-corrected chi connectivity index (χ0v) is 19.2. The van der Waals surface area contributed by atoms with Gasteiger partial charge in [0.15, 0.2) is 5.76 Å². The summed E-state index contributed by atoms with van der Waals surface area (Å²) >= 11 is 3.49. The van der Waals surface area contributed by atoms with Gasteiger partial charge in [-0.2, -0.15) is 0 Å². The number of hydrogen-bond acceptors (Lipinski definition) is 5. The van der Waals surface area contributed by atoms with Crippen LogP contribution in [0.3, 0.4) is 0 Å². The van der Waals surface area contributed by atoms with E-state index in [0.29, 0.717) is 16.5 Å². The number of amides is 1. The predicted molar refractivity (Wildman–Crippen MR) is 125 cm³/mol. The molecule has 6 nitrogen and oxygen atoms in total. The van der Waals surface area contributed by atoms with Crippen LogP contribution >= 0.6 is 15.9 Å². The zero-order valence-electron chi connectivity index (χ0n) is 16.8. The lowest BCUT2D eigenvalue weighted by atomic mass is 10.1. The number of rotatable bonds is 5. The normalized spacial score (nSPS) is 11.5. The van der Waals surface area contributed by atoms with Crippen LogP contribution in [0.5, 0.6) is 0 Å². The SMILES string of the molecule is CN(C)c1cc2oc(C(=O)NS(=O)(=O)c3ccccc3-c3ccccc3)cc2cc1Br. The molecule has 31 heavy (non-hydrogen) atoms. The van der Waals surface area contributed by atoms with Gasteiger partial charge < -0.3 is 9.32 Å². The molecular formula is C23H19BrN2O4S. The molecule has 0 bridgehead atoms. The average molecular weight is 499 g/mol. The molecule has 0 fully saturated rings. The van der Waals surface area contributed by atoms with Crippen molar-refractivity contribution in [3.63, 3.8) is 0 Å². The molecule has 3 aromatic carbocycles. The highest BCUT2D eigenvalue weighted by molar-refractivity contribution is 9.10. The number of carbonyl (C=O) groups is 1. The van der Waals surface area contributed by atoms with Gasteiger partial charge >= 0.3 is 5.91 Å². The summed E-state index contributed by atoms with van der Waals surface area (Å²) in [6.07, 6.45) is 0. The summed E-state index contributed by atoms with van der Waals surface area (Å²) in [6, 6.07) is 20.8. The second kappa shape index (κ2) is 8.20. The van der Waals surface area contributed by atoms with Gasteiger partial charge in [-0.1, -0.05) is 48.5 Å². The van der Waals surface area contributed by atoms with Crippen LogP contribution in [0.1, 0.15) is 10.6 Å². The van der Waals surface area contributed by atoms with Crippen molar-refractivity contribution < 1.29 is 17.6 Å². The summed E-state index contributed by atoms with van der Waals surface area (Å²) < 4.78 is 34.7. The quantitative estimate of drug-likeness (QED) is 0.416. The number of furan rings is 1. The standard InChI is InChI=1S/C23H19BrN2O4S/c1-26(2)19-14-20-16(12-18(19)24)13-21(30-20)23(27)25-31(28,29)22-11-7-6-10-17(22)15-8-4-3-5-9-15/h3-14H,1-2H3,(H,25,27). The van der Waals surface area contributed by atoms with Crippen LogP contribution in [0.15, 0.2) is 86.6 Å². The topological polar surface area (TPSA) is 79.6 Å². The molecule has 1 aromatic heterocycles. The van der Waals surface area contributed by atoms with E-state index in [-0.39, 0.29) is 10.7 Å². The second-order valence-corrected chi connectivity index (χ2v) is 9.65. The molecule has 8 heteroatoms. The Bertz CT molecular complexity index is 1380. The lowest BCUT2D eigenvalue weighted by Gasteiger charge is -2.13. The molecule has 1 N–H and O–H groups in total. The van der Waals surface area contributed by atoms with Crippen LogP contribution < -0.4 is 9.62 Å². The van der Waals surface area contributed by atoms with Crippen molar-refractivity contribution in [2.75, 3.05) is 19.0 Å². The number of carbonyl (C=O) groups excluding carboxylic acids is 1. The Balaban J connectivity index is 1.68. The van der Waals surface area contributed by atoms with E-state index in [4.69, 9.17) is 4.42 Å². The van der Waals surface area contributed by atoms with Crippen molar-refractivity contribution in [3.8, 4) is 11.1 Å². The van der Waals surface area contributed by atoms with E-state index in [2.05, 4.69) is 20.7 Å². The van der Waals surface area contributed by atoms with Crippen molar-refractivity contribution in [1.29, 1.82) is 0 Å². The summed E-state index contributed by atoms with van der Waals surface area (Å²) in [5, 5.41) is 0.685. The highest BCUT2D eigenvalue weighted by Gasteiger charge is 2.24. The first kappa shape index (κ1) is 21.1. The minimum absolute atomic E-state index is 0.0169. The lowest BCUT2D eigenvalue weighted by molar-refractivity contribution is 0.0956. The van der Waals surface area contributed by atoms with Gasteiger partial charge in [0, 0.05) is 35.6 Å². The molecule has 4 aromatic rings. The summed E-state index contributed by atoms with van der Waals surface area (Å²) in [5.74, 6) is -0.917. The molecule has 0 aliphatic rings. The van der Waals surface area contributed by atoms with Crippen molar-refractivity contribution in [2.24, 2.45) is 0 Å². The number of nitrogens with one attached hydrogen (secondary N) is 1. The Labute approximate surface area is 188 Å². The number of halogens is 1. The smallest absolute Gasteiger partial charge is 0.300 e. The maximum atomic E-state index is 13.0. The fraction of sp³-hybridized carbons (Fsp3) is 0.0870. The number of hydrogen-bond donors (Lipinski definition) is 1. The molecule has 4 rings (SSSR count). The third-order valence-electron chi connectivity index (χ3n) is 4.78. The van der Waals surface area contributed by atoms with Gasteiger partial charge in [-0.05, 0) is 39.7 Å². The largest absolute Gasteiger partial charge is 0.451 e. The van der Waals surface area contributed by atoms with Gasteiger partial charge in [-0.3, -0.25) is 4.79 Å². The van der Waals surface area contributed by atoms with Crippen LogP contribution in [-0.2, 0) is 10.0 Å². The van der Waals surface area contributed by atoms with Crippen LogP contribution in [-0.4, -0.2) is 28.4 Å². The van der Waals surface area contributed by atoms with Crippen LogP contribution in [0.4, 0.5) is 5.69 Å². The highest BCUT2D eigenvalue weighted by Crippen LogP contribution is 2.32. The molecule has 1 amide bonds. The second-order valence-electron chi connectivity index (χ2n) is 7.14. The van der Waals surface area contributed by atoms with Crippen LogP contribution in [0.2, 0.25) is 0 Å². The van der Waals surface area contributed by atoms with Gasteiger partial charge in [0.05, 0.1) is 10.6 Å². The Morgan fingerprint density at radius 1 is 0.968 bits per heavy atom. The first-order chi connectivity index (χ1) is 14.8. The first-order valence-corrected chi connectivity index (χ1v) is 11.7. The zero-order chi connectivity index (χ0) is 22.2. The van der Waals surface area contributed by atoms with Gasteiger partial charge in [-0.25, -0.2) is 13.1 Å². The maximum absolute atomic E-state index is 13.0. The Kier molecular flexibility index (Phi) is 5.60. The van der Waals surface area contributed by atoms with E-state index in [0.717, 1.165) is 15.7 Å². The molecule has 0 unspecified atom stereocenters. The number of anilines is 1.